The Morgan fingerprint density at radius 2 is 2.29 bits per heavy atom. The molecule has 0 amide bonds. The first-order valence-electron chi connectivity index (χ1n) is 5.60. The van der Waals surface area contributed by atoms with Crippen LogP contribution in [0.1, 0.15) is 24.2 Å². The normalized spacial score (nSPS) is 12.4. The number of nitrogens with two attached hydrogens (primary N) is 1. The zero-order valence-electron chi connectivity index (χ0n) is 10.1. The lowest BCUT2D eigenvalue weighted by molar-refractivity contribution is 0.296. The monoisotopic (exact) mass is 231 g/mol. The molecule has 1 aromatic heterocycles. The third kappa shape index (κ3) is 2.85. The Morgan fingerprint density at radius 1 is 1.47 bits per heavy atom. The van der Waals surface area contributed by atoms with Crippen LogP contribution in [0.25, 0.3) is 0 Å². The van der Waals surface area contributed by atoms with Gasteiger partial charge in [0.15, 0.2) is 0 Å². The Bertz CT molecular complexity index is 491. The highest BCUT2D eigenvalue weighted by Gasteiger charge is 2.03. The highest BCUT2D eigenvalue weighted by atomic mass is 16.5. The fourth-order valence-electron chi connectivity index (χ4n) is 1.57. The SMILES string of the molecule is C[C@H](N)c1cccc(OCc2cncn2C)c1. The van der Waals surface area contributed by atoms with Crippen molar-refractivity contribution in [3.05, 3.63) is 48.0 Å². The van der Waals surface area contributed by atoms with Gasteiger partial charge in [-0.2, -0.15) is 0 Å². The molecule has 0 unspecified atom stereocenters. The summed E-state index contributed by atoms with van der Waals surface area (Å²) in [6.45, 7) is 2.47. The third-order valence-corrected chi connectivity index (χ3v) is 2.69. The standard InChI is InChI=1S/C13H17N3O/c1-10(14)11-4-3-5-13(6-11)17-8-12-7-15-9-16(12)2/h3-7,9-10H,8,14H2,1-2H3/t10-/m0/s1. The van der Waals surface area contributed by atoms with Gasteiger partial charge in [-0.1, -0.05) is 12.1 Å². The van der Waals surface area contributed by atoms with E-state index in [2.05, 4.69) is 4.98 Å². The highest BCUT2D eigenvalue weighted by molar-refractivity contribution is 5.30. The van der Waals surface area contributed by atoms with Crippen molar-refractivity contribution in [3.63, 3.8) is 0 Å². The summed E-state index contributed by atoms with van der Waals surface area (Å²) in [5, 5.41) is 0. The molecular weight excluding hydrogens is 214 g/mol. The van der Waals surface area contributed by atoms with Crippen molar-refractivity contribution in [1.82, 2.24) is 9.55 Å². The fraction of sp³-hybridized carbons (Fsp3) is 0.308. The average molecular weight is 231 g/mol. The maximum absolute atomic E-state index is 5.83. The molecule has 0 fully saturated rings. The van der Waals surface area contributed by atoms with Gasteiger partial charge in [-0.15, -0.1) is 0 Å². The Labute approximate surface area is 101 Å². The molecule has 0 aliphatic carbocycles. The molecule has 90 valence electrons. The van der Waals surface area contributed by atoms with Crippen LogP contribution >= 0.6 is 0 Å². The lowest BCUT2D eigenvalue weighted by Crippen LogP contribution is -2.05. The number of aryl methyl sites for hydroxylation is 1. The van der Waals surface area contributed by atoms with Crippen LogP contribution in [0.4, 0.5) is 0 Å². The minimum atomic E-state index is 0.0234. The Balaban J connectivity index is 2.04. The number of ether oxygens (including phenoxy) is 1. The first kappa shape index (κ1) is 11.7. The quantitative estimate of drug-likeness (QED) is 0.875. The Morgan fingerprint density at radius 3 is 2.94 bits per heavy atom. The zero-order valence-corrected chi connectivity index (χ0v) is 10.1. The summed E-state index contributed by atoms with van der Waals surface area (Å²) in [5.41, 5.74) is 7.94. The molecule has 1 heterocycles. The summed E-state index contributed by atoms with van der Waals surface area (Å²) < 4.78 is 7.65. The van der Waals surface area contributed by atoms with Crippen LogP contribution in [0.5, 0.6) is 5.75 Å². The summed E-state index contributed by atoms with van der Waals surface area (Å²) in [7, 11) is 1.95. The number of rotatable bonds is 4. The third-order valence-electron chi connectivity index (χ3n) is 2.69. The molecule has 2 aromatic rings. The van der Waals surface area contributed by atoms with Crippen LogP contribution in [0.2, 0.25) is 0 Å². The van der Waals surface area contributed by atoms with E-state index in [0.29, 0.717) is 6.61 Å². The van der Waals surface area contributed by atoms with Crippen LogP contribution < -0.4 is 10.5 Å². The Hall–Kier alpha value is -1.81. The van der Waals surface area contributed by atoms with Crippen LogP contribution in [0.3, 0.4) is 0 Å². The molecule has 0 aliphatic rings. The second kappa shape index (κ2) is 5.01. The molecule has 1 aromatic carbocycles. The summed E-state index contributed by atoms with van der Waals surface area (Å²) in [6, 6.07) is 7.89. The van der Waals surface area contributed by atoms with Crippen LogP contribution in [0.15, 0.2) is 36.8 Å². The lowest BCUT2D eigenvalue weighted by atomic mass is 10.1. The summed E-state index contributed by atoms with van der Waals surface area (Å²) in [6.07, 6.45) is 3.56. The van der Waals surface area contributed by atoms with Crippen LogP contribution in [-0.4, -0.2) is 9.55 Å². The Kier molecular flexibility index (Phi) is 3.44. The molecule has 4 nitrogen and oxygen atoms in total. The smallest absolute Gasteiger partial charge is 0.130 e. The van der Waals surface area contributed by atoms with Gasteiger partial charge in [0.25, 0.3) is 0 Å². The maximum atomic E-state index is 5.83. The van der Waals surface area contributed by atoms with E-state index in [1.807, 2.05) is 42.8 Å². The van der Waals surface area contributed by atoms with Crippen molar-refractivity contribution in [1.29, 1.82) is 0 Å². The van der Waals surface area contributed by atoms with Crippen LogP contribution in [-0.2, 0) is 13.7 Å². The van der Waals surface area contributed by atoms with Crippen molar-refractivity contribution in [2.75, 3.05) is 0 Å². The van der Waals surface area contributed by atoms with E-state index in [0.717, 1.165) is 17.0 Å². The molecule has 0 saturated carbocycles. The molecule has 2 rings (SSSR count). The number of hydrogen-bond acceptors (Lipinski definition) is 3. The van der Waals surface area contributed by atoms with Gasteiger partial charge in [0.05, 0.1) is 18.2 Å². The van der Waals surface area contributed by atoms with Crippen molar-refractivity contribution >= 4 is 0 Å². The van der Waals surface area contributed by atoms with Crippen molar-refractivity contribution < 1.29 is 4.74 Å². The number of nitrogens with zero attached hydrogens (tertiary/aromatic N) is 2. The first-order valence-corrected chi connectivity index (χ1v) is 5.60. The maximum Gasteiger partial charge on any atom is 0.130 e. The second-order valence-electron chi connectivity index (χ2n) is 4.15. The molecule has 2 N–H and O–H groups in total. The van der Waals surface area contributed by atoms with E-state index in [1.54, 1.807) is 12.5 Å². The van der Waals surface area contributed by atoms with Crippen molar-refractivity contribution in [2.45, 2.75) is 19.6 Å². The van der Waals surface area contributed by atoms with Gasteiger partial charge in [-0.25, -0.2) is 4.98 Å². The predicted octanol–water partition coefficient (Wildman–Crippen LogP) is 2.02. The van der Waals surface area contributed by atoms with Gasteiger partial charge in [-0.3, -0.25) is 0 Å². The van der Waals surface area contributed by atoms with Gasteiger partial charge >= 0.3 is 0 Å². The summed E-state index contributed by atoms with van der Waals surface area (Å²) in [4.78, 5) is 4.04. The molecule has 17 heavy (non-hydrogen) atoms. The molecule has 0 radical (unpaired) electrons. The van der Waals surface area contributed by atoms with Crippen molar-refractivity contribution in [3.8, 4) is 5.75 Å². The van der Waals surface area contributed by atoms with Crippen LogP contribution in [0, 0.1) is 0 Å². The summed E-state index contributed by atoms with van der Waals surface area (Å²) >= 11 is 0. The molecule has 1 atom stereocenters. The molecule has 0 aliphatic heterocycles. The van der Waals surface area contributed by atoms with Gasteiger partial charge in [0, 0.05) is 13.1 Å². The minimum Gasteiger partial charge on any atom is -0.487 e. The predicted molar refractivity (Wildman–Crippen MR) is 66.6 cm³/mol. The van der Waals surface area contributed by atoms with E-state index in [-0.39, 0.29) is 6.04 Å². The molecule has 0 bridgehead atoms. The van der Waals surface area contributed by atoms with E-state index in [4.69, 9.17) is 10.5 Å². The van der Waals surface area contributed by atoms with E-state index >= 15 is 0 Å². The number of benzene rings is 1. The molecule has 0 saturated heterocycles. The first-order chi connectivity index (χ1) is 8.16. The largest absolute Gasteiger partial charge is 0.487 e. The van der Waals surface area contributed by atoms with E-state index in [9.17, 15) is 0 Å². The average Bonchev–Trinajstić information content (AvgIpc) is 2.72. The number of imidazole rings is 1. The minimum absolute atomic E-state index is 0.0234. The van der Waals surface area contributed by atoms with Gasteiger partial charge in [0.2, 0.25) is 0 Å². The van der Waals surface area contributed by atoms with E-state index in [1.165, 1.54) is 0 Å². The van der Waals surface area contributed by atoms with E-state index < -0.39 is 0 Å². The van der Waals surface area contributed by atoms with Crippen molar-refractivity contribution in [2.24, 2.45) is 12.8 Å². The molecule has 4 heteroatoms. The van der Waals surface area contributed by atoms with Gasteiger partial charge < -0.3 is 15.0 Å². The topological polar surface area (TPSA) is 53.1 Å². The number of aromatic nitrogens is 2. The summed E-state index contributed by atoms with van der Waals surface area (Å²) in [5.74, 6) is 0.834. The van der Waals surface area contributed by atoms with Gasteiger partial charge in [-0.05, 0) is 24.6 Å². The highest BCUT2D eigenvalue weighted by Crippen LogP contribution is 2.18. The number of hydrogen-bond donors (Lipinski definition) is 1. The van der Waals surface area contributed by atoms with Gasteiger partial charge in [0.1, 0.15) is 12.4 Å². The fourth-order valence-corrected chi connectivity index (χ4v) is 1.57. The second-order valence-corrected chi connectivity index (χ2v) is 4.15. The zero-order chi connectivity index (χ0) is 12.3. The molecular formula is C13H17N3O. The molecule has 0 spiro atoms. The lowest BCUT2D eigenvalue weighted by Gasteiger charge is -2.10.